The Morgan fingerprint density at radius 3 is 1.68 bits per heavy atom. The third-order valence-electron chi connectivity index (χ3n) is 5.90. The summed E-state index contributed by atoms with van der Waals surface area (Å²) in [6.45, 7) is 19.4. The van der Waals surface area contributed by atoms with Crippen LogP contribution in [0.2, 0.25) is 0 Å². The Hall–Kier alpha value is 0. The summed E-state index contributed by atoms with van der Waals surface area (Å²) < 4.78 is 0. The van der Waals surface area contributed by atoms with Crippen LogP contribution < -0.4 is 0 Å². The molecule has 0 heteroatoms. The highest BCUT2D eigenvalue weighted by Gasteiger charge is 2.30. The zero-order valence-electron chi connectivity index (χ0n) is 15.1. The van der Waals surface area contributed by atoms with Gasteiger partial charge < -0.3 is 0 Å². The monoisotopic (exact) mass is 268 g/mol. The van der Waals surface area contributed by atoms with Crippen molar-refractivity contribution >= 4 is 0 Å². The Balaban J connectivity index is 4.59. The van der Waals surface area contributed by atoms with Gasteiger partial charge in [-0.15, -0.1) is 0 Å². The van der Waals surface area contributed by atoms with E-state index in [1.54, 1.807) is 0 Å². The van der Waals surface area contributed by atoms with Gasteiger partial charge in [-0.3, -0.25) is 0 Å². The molecule has 0 aliphatic carbocycles. The molecule has 116 valence electrons. The van der Waals surface area contributed by atoms with Gasteiger partial charge in [0.1, 0.15) is 0 Å². The predicted molar refractivity (Wildman–Crippen MR) is 89.5 cm³/mol. The minimum Gasteiger partial charge on any atom is -0.0651 e. The highest BCUT2D eigenvalue weighted by Crippen LogP contribution is 2.41. The van der Waals surface area contributed by atoms with E-state index in [-0.39, 0.29) is 0 Å². The summed E-state index contributed by atoms with van der Waals surface area (Å²) in [5.41, 5.74) is 0.551. The summed E-state index contributed by atoms with van der Waals surface area (Å²) in [5.74, 6) is 3.53. The fourth-order valence-electron chi connectivity index (χ4n) is 3.82. The molecule has 0 heterocycles. The van der Waals surface area contributed by atoms with Gasteiger partial charge in [-0.1, -0.05) is 81.1 Å². The van der Waals surface area contributed by atoms with Gasteiger partial charge in [0, 0.05) is 0 Å². The van der Waals surface area contributed by atoms with Crippen molar-refractivity contribution in [1.29, 1.82) is 0 Å². The highest BCUT2D eigenvalue weighted by molar-refractivity contribution is 4.80. The van der Waals surface area contributed by atoms with Crippen LogP contribution >= 0.6 is 0 Å². The zero-order chi connectivity index (χ0) is 15.1. The molecule has 0 aromatic carbocycles. The second kappa shape index (κ2) is 9.03. The lowest BCUT2D eigenvalue weighted by molar-refractivity contribution is 0.135. The minimum atomic E-state index is 0.551. The molecule has 0 fully saturated rings. The van der Waals surface area contributed by atoms with Crippen molar-refractivity contribution in [2.24, 2.45) is 29.1 Å². The summed E-state index contributed by atoms with van der Waals surface area (Å²) in [6.07, 6.45) is 8.15. The Kier molecular flexibility index (Phi) is 9.03. The van der Waals surface area contributed by atoms with E-state index in [0.717, 1.165) is 23.7 Å². The summed E-state index contributed by atoms with van der Waals surface area (Å²) in [4.78, 5) is 0. The first-order valence-electron chi connectivity index (χ1n) is 8.83. The first-order chi connectivity index (χ1) is 8.83. The SMILES string of the molecule is CCC(C)CC(C)(CC)CC(C)C(C)C(CC)CC. The first kappa shape index (κ1) is 19.0. The molecule has 4 unspecified atom stereocenters. The maximum Gasteiger partial charge on any atom is -0.0323 e. The van der Waals surface area contributed by atoms with E-state index in [1.807, 2.05) is 0 Å². The first-order valence-corrected chi connectivity index (χ1v) is 8.83. The van der Waals surface area contributed by atoms with Crippen LogP contribution in [-0.2, 0) is 0 Å². The van der Waals surface area contributed by atoms with Crippen LogP contribution in [0.15, 0.2) is 0 Å². The van der Waals surface area contributed by atoms with Crippen LogP contribution in [0.3, 0.4) is 0 Å². The molecule has 0 aromatic rings. The topological polar surface area (TPSA) is 0 Å². The predicted octanol–water partition coefficient (Wildman–Crippen LogP) is 6.94. The van der Waals surface area contributed by atoms with Crippen LogP contribution in [0.1, 0.15) is 93.9 Å². The summed E-state index contributed by atoms with van der Waals surface area (Å²) in [7, 11) is 0. The number of rotatable bonds is 10. The molecular formula is C19H40. The molecule has 0 spiro atoms. The Labute approximate surface area is 123 Å². The van der Waals surface area contributed by atoms with Gasteiger partial charge in [-0.25, -0.2) is 0 Å². The van der Waals surface area contributed by atoms with Crippen molar-refractivity contribution < 1.29 is 0 Å². The normalized spacial score (nSPS) is 20.1. The van der Waals surface area contributed by atoms with Crippen molar-refractivity contribution in [2.45, 2.75) is 93.9 Å². The lowest BCUT2D eigenvalue weighted by atomic mass is 9.68. The largest absolute Gasteiger partial charge is 0.0651 e. The van der Waals surface area contributed by atoms with E-state index >= 15 is 0 Å². The molecule has 0 amide bonds. The molecule has 4 atom stereocenters. The molecule has 0 N–H and O–H groups in total. The summed E-state index contributed by atoms with van der Waals surface area (Å²) in [6, 6.07) is 0. The van der Waals surface area contributed by atoms with Crippen molar-refractivity contribution in [3.8, 4) is 0 Å². The molecular weight excluding hydrogens is 228 g/mol. The maximum absolute atomic E-state index is 2.52. The van der Waals surface area contributed by atoms with Crippen molar-refractivity contribution in [2.75, 3.05) is 0 Å². The van der Waals surface area contributed by atoms with Gasteiger partial charge in [0.2, 0.25) is 0 Å². The van der Waals surface area contributed by atoms with E-state index in [1.165, 1.54) is 38.5 Å². The van der Waals surface area contributed by atoms with Gasteiger partial charge in [0.05, 0.1) is 0 Å². The second-order valence-electron chi connectivity index (χ2n) is 7.50. The minimum absolute atomic E-state index is 0.551. The smallest absolute Gasteiger partial charge is 0.0323 e. The van der Waals surface area contributed by atoms with E-state index in [0.29, 0.717) is 5.41 Å². The van der Waals surface area contributed by atoms with Crippen LogP contribution in [0, 0.1) is 29.1 Å². The Morgan fingerprint density at radius 2 is 1.32 bits per heavy atom. The maximum atomic E-state index is 2.52. The molecule has 0 rings (SSSR count). The van der Waals surface area contributed by atoms with Gasteiger partial charge in [-0.2, -0.15) is 0 Å². The lowest BCUT2D eigenvalue weighted by Gasteiger charge is -2.37. The van der Waals surface area contributed by atoms with E-state index in [9.17, 15) is 0 Å². The van der Waals surface area contributed by atoms with Gasteiger partial charge >= 0.3 is 0 Å². The fraction of sp³-hybridized carbons (Fsp3) is 1.00. The van der Waals surface area contributed by atoms with Crippen LogP contribution in [-0.4, -0.2) is 0 Å². The van der Waals surface area contributed by atoms with Crippen LogP contribution in [0.5, 0.6) is 0 Å². The molecule has 0 aliphatic rings. The molecule has 19 heavy (non-hydrogen) atoms. The molecule has 0 saturated heterocycles. The fourth-order valence-corrected chi connectivity index (χ4v) is 3.82. The van der Waals surface area contributed by atoms with Crippen molar-refractivity contribution in [3.05, 3.63) is 0 Å². The number of hydrogen-bond acceptors (Lipinski definition) is 0. The van der Waals surface area contributed by atoms with E-state index in [4.69, 9.17) is 0 Å². The zero-order valence-corrected chi connectivity index (χ0v) is 15.1. The van der Waals surface area contributed by atoms with Crippen molar-refractivity contribution in [3.63, 3.8) is 0 Å². The number of hydrogen-bond donors (Lipinski definition) is 0. The van der Waals surface area contributed by atoms with Gasteiger partial charge in [0.25, 0.3) is 0 Å². The van der Waals surface area contributed by atoms with E-state index in [2.05, 4.69) is 55.4 Å². The van der Waals surface area contributed by atoms with Crippen LogP contribution in [0.4, 0.5) is 0 Å². The third-order valence-corrected chi connectivity index (χ3v) is 5.90. The summed E-state index contributed by atoms with van der Waals surface area (Å²) in [5, 5.41) is 0. The Morgan fingerprint density at radius 1 is 0.789 bits per heavy atom. The van der Waals surface area contributed by atoms with Crippen molar-refractivity contribution in [1.82, 2.24) is 0 Å². The average Bonchev–Trinajstić information content (AvgIpc) is 2.39. The standard InChI is InChI=1S/C19H40/c1-9-15(5)13-19(8,12-4)14-16(6)17(7)18(10-2)11-3/h15-18H,9-14H2,1-8H3. The molecule has 0 nitrogen and oxygen atoms in total. The molecule has 0 aliphatic heterocycles. The lowest BCUT2D eigenvalue weighted by Crippen LogP contribution is -2.27. The van der Waals surface area contributed by atoms with E-state index < -0.39 is 0 Å². The molecule has 0 bridgehead atoms. The second-order valence-corrected chi connectivity index (χ2v) is 7.50. The third kappa shape index (κ3) is 6.32. The average molecular weight is 269 g/mol. The molecule has 0 aromatic heterocycles. The molecule has 0 radical (unpaired) electrons. The van der Waals surface area contributed by atoms with Gasteiger partial charge in [0.15, 0.2) is 0 Å². The quantitative estimate of drug-likeness (QED) is 0.402. The van der Waals surface area contributed by atoms with Crippen LogP contribution in [0.25, 0.3) is 0 Å². The highest BCUT2D eigenvalue weighted by atomic mass is 14.4. The molecule has 0 saturated carbocycles. The Bertz CT molecular complexity index is 216. The van der Waals surface area contributed by atoms with Gasteiger partial charge in [-0.05, 0) is 41.9 Å². The summed E-state index contributed by atoms with van der Waals surface area (Å²) >= 11 is 0.